The van der Waals surface area contributed by atoms with Crippen LogP contribution < -0.4 is 5.73 Å². The van der Waals surface area contributed by atoms with Gasteiger partial charge in [0.25, 0.3) is 0 Å². The van der Waals surface area contributed by atoms with Gasteiger partial charge in [-0.3, -0.25) is 0 Å². The van der Waals surface area contributed by atoms with Crippen LogP contribution >= 0.6 is 0 Å². The number of hydrogen-bond acceptors (Lipinski definition) is 4. The first-order valence-corrected chi connectivity index (χ1v) is 21.0. The number of carboxylic acid groups (broad SMARTS) is 1. The summed E-state index contributed by atoms with van der Waals surface area (Å²) >= 11 is 0. The molecule has 1 unspecified atom stereocenters. The van der Waals surface area contributed by atoms with E-state index < -0.39 is 12.1 Å². The molecule has 51 heavy (non-hydrogen) atoms. The van der Waals surface area contributed by atoms with Crippen LogP contribution in [0.5, 0.6) is 0 Å². The number of allylic oxidation sites excluding steroid dienone is 4. The van der Waals surface area contributed by atoms with E-state index >= 15 is 0 Å². The molecule has 0 amide bonds. The van der Waals surface area contributed by atoms with Crippen molar-refractivity contribution >= 4 is 5.97 Å². The van der Waals surface area contributed by atoms with Crippen molar-refractivity contribution < 1.29 is 32.5 Å². The van der Waals surface area contributed by atoms with E-state index in [1.54, 1.807) is 0 Å². The van der Waals surface area contributed by atoms with E-state index in [2.05, 4.69) is 52.0 Å². The summed E-state index contributed by atoms with van der Waals surface area (Å²) in [6.07, 6.45) is 41.8. The summed E-state index contributed by atoms with van der Waals surface area (Å²) in [6.45, 7) is 10.9. The minimum Gasteiger partial charge on any atom is -0.475 e. The number of carboxylic acids is 1. The summed E-state index contributed by atoms with van der Waals surface area (Å²) in [4.78, 5) is 8.90. The largest absolute Gasteiger partial charge is 0.490 e. The van der Waals surface area contributed by atoms with Gasteiger partial charge in [-0.15, -0.1) is 0 Å². The van der Waals surface area contributed by atoms with E-state index in [0.717, 1.165) is 26.1 Å². The number of hydrogen-bond donors (Lipinski definition) is 2. The standard InChI is InChI=1S/C41H81NO2.C2HF3O2/c1-5-7-9-11-13-15-17-19-21-23-25-27-29-31-33-35-37-43-39-40(41(3,4)42)44-38-36-34-32-30-28-26-24-22-20-18-16-14-12-10-8-6-2;3-2(4,5)1(6)7/h19-22,40H,5-18,23-39,42H2,1-4H3;(H,6,7). The molecular formula is C43H82F3NO4. The highest BCUT2D eigenvalue weighted by Crippen LogP contribution is 2.15. The average Bonchev–Trinajstić information content (AvgIpc) is 3.07. The molecule has 0 heterocycles. The fourth-order valence-electron chi connectivity index (χ4n) is 5.69. The summed E-state index contributed by atoms with van der Waals surface area (Å²) in [5.41, 5.74) is 6.04. The first-order chi connectivity index (χ1) is 24.5. The van der Waals surface area contributed by atoms with Crippen molar-refractivity contribution in [2.75, 3.05) is 19.8 Å². The minimum absolute atomic E-state index is 0.0280. The van der Waals surface area contributed by atoms with E-state index in [1.807, 2.05) is 0 Å². The molecule has 0 aromatic heterocycles. The number of rotatable bonds is 36. The van der Waals surface area contributed by atoms with Gasteiger partial charge in [-0.2, -0.15) is 13.2 Å². The van der Waals surface area contributed by atoms with Crippen molar-refractivity contribution in [3.8, 4) is 0 Å². The Hall–Kier alpha value is -1.38. The van der Waals surface area contributed by atoms with Crippen LogP contribution in [0, 0.1) is 0 Å². The molecule has 0 radical (unpaired) electrons. The fourth-order valence-corrected chi connectivity index (χ4v) is 5.69. The maximum atomic E-state index is 10.6. The number of alkyl halides is 3. The molecule has 0 aliphatic rings. The Labute approximate surface area is 313 Å². The molecule has 8 heteroatoms. The van der Waals surface area contributed by atoms with E-state index in [9.17, 15) is 13.2 Å². The van der Waals surface area contributed by atoms with Crippen molar-refractivity contribution in [2.24, 2.45) is 5.73 Å². The number of aliphatic carboxylic acids is 1. The van der Waals surface area contributed by atoms with Crippen molar-refractivity contribution in [2.45, 2.75) is 225 Å². The van der Waals surface area contributed by atoms with Gasteiger partial charge in [0.2, 0.25) is 0 Å². The normalized spacial score (nSPS) is 12.9. The molecule has 3 N–H and O–H groups in total. The average molecular weight is 734 g/mol. The highest BCUT2D eigenvalue weighted by atomic mass is 19.4. The highest BCUT2D eigenvalue weighted by Gasteiger charge is 2.38. The second kappa shape index (κ2) is 38.3. The van der Waals surface area contributed by atoms with Gasteiger partial charge in [-0.05, 0) is 78.1 Å². The van der Waals surface area contributed by atoms with Gasteiger partial charge in [0, 0.05) is 18.8 Å². The third kappa shape index (κ3) is 42.9. The molecule has 0 aromatic rings. The molecule has 0 aromatic carbocycles. The third-order valence-corrected chi connectivity index (χ3v) is 9.12. The van der Waals surface area contributed by atoms with Gasteiger partial charge >= 0.3 is 12.1 Å². The Morgan fingerprint density at radius 1 is 0.569 bits per heavy atom. The van der Waals surface area contributed by atoms with Gasteiger partial charge in [-0.25, -0.2) is 4.79 Å². The van der Waals surface area contributed by atoms with Gasteiger partial charge in [0.05, 0.1) is 12.7 Å². The first-order valence-electron chi connectivity index (χ1n) is 21.0. The van der Waals surface area contributed by atoms with Gasteiger partial charge in [-0.1, -0.05) is 154 Å². The maximum Gasteiger partial charge on any atom is 0.490 e. The molecule has 0 aliphatic carbocycles. The van der Waals surface area contributed by atoms with Crippen LogP contribution in [0.1, 0.15) is 207 Å². The Morgan fingerprint density at radius 3 is 1.18 bits per heavy atom. The molecule has 0 saturated carbocycles. The molecule has 0 aliphatic heterocycles. The second-order valence-electron chi connectivity index (χ2n) is 14.9. The van der Waals surface area contributed by atoms with Crippen LogP contribution in [0.15, 0.2) is 24.3 Å². The van der Waals surface area contributed by atoms with E-state index in [0.29, 0.717) is 6.61 Å². The van der Waals surface area contributed by atoms with Crippen molar-refractivity contribution in [1.29, 1.82) is 0 Å². The molecule has 0 bridgehead atoms. The minimum atomic E-state index is -5.08. The van der Waals surface area contributed by atoms with Crippen molar-refractivity contribution in [3.05, 3.63) is 24.3 Å². The van der Waals surface area contributed by atoms with Crippen LogP contribution in [0.3, 0.4) is 0 Å². The third-order valence-electron chi connectivity index (χ3n) is 9.12. The van der Waals surface area contributed by atoms with Crippen molar-refractivity contribution in [3.63, 3.8) is 0 Å². The van der Waals surface area contributed by atoms with Crippen LogP contribution in [-0.4, -0.2) is 48.7 Å². The number of unbranched alkanes of at least 4 members (excludes halogenated alkanes) is 24. The fraction of sp³-hybridized carbons (Fsp3) is 0.884. The summed E-state index contributed by atoms with van der Waals surface area (Å²) in [7, 11) is 0. The molecule has 0 spiro atoms. The Kier molecular flexibility index (Phi) is 38.9. The quantitative estimate of drug-likeness (QED) is 0.0495. The molecule has 304 valence electrons. The summed E-state index contributed by atoms with van der Waals surface area (Å²) in [5, 5.41) is 7.12. The monoisotopic (exact) mass is 734 g/mol. The van der Waals surface area contributed by atoms with E-state index in [-0.39, 0.29) is 11.6 Å². The Bertz CT molecular complexity index is 780. The lowest BCUT2D eigenvalue weighted by Crippen LogP contribution is -2.49. The van der Waals surface area contributed by atoms with E-state index in [1.165, 1.54) is 167 Å². The molecule has 1 atom stereocenters. The Morgan fingerprint density at radius 2 is 0.863 bits per heavy atom. The lowest BCUT2D eigenvalue weighted by Gasteiger charge is -2.30. The molecule has 0 fully saturated rings. The first kappa shape index (κ1) is 51.7. The number of carbonyl (C=O) groups is 1. The van der Waals surface area contributed by atoms with Gasteiger partial charge in [0.15, 0.2) is 0 Å². The molecule has 5 nitrogen and oxygen atoms in total. The summed E-state index contributed by atoms with van der Waals surface area (Å²) < 4.78 is 43.9. The number of ether oxygens (including phenoxy) is 2. The van der Waals surface area contributed by atoms with Gasteiger partial charge in [0.1, 0.15) is 0 Å². The zero-order chi connectivity index (χ0) is 38.3. The predicted molar refractivity (Wildman–Crippen MR) is 211 cm³/mol. The second-order valence-corrected chi connectivity index (χ2v) is 14.9. The smallest absolute Gasteiger partial charge is 0.475 e. The number of halogens is 3. The summed E-state index contributed by atoms with van der Waals surface area (Å²) in [5.74, 6) is -2.76. The SMILES string of the molecule is CCCCCCCCC=CCCCCCCCCOCC(OCCCCCCCCC=CCCCCCCCC)C(C)(C)N.O=C(O)C(F)(F)F. The van der Waals surface area contributed by atoms with Crippen LogP contribution in [0.25, 0.3) is 0 Å². The van der Waals surface area contributed by atoms with Crippen LogP contribution in [0.4, 0.5) is 13.2 Å². The van der Waals surface area contributed by atoms with Crippen LogP contribution in [-0.2, 0) is 14.3 Å². The predicted octanol–water partition coefficient (Wildman–Crippen LogP) is 13.8. The topological polar surface area (TPSA) is 81.8 Å². The Balaban J connectivity index is 0. The van der Waals surface area contributed by atoms with Gasteiger partial charge < -0.3 is 20.3 Å². The molecule has 0 saturated heterocycles. The number of nitrogens with two attached hydrogens (primary N) is 1. The molecular weight excluding hydrogens is 651 g/mol. The molecule has 0 rings (SSSR count). The van der Waals surface area contributed by atoms with Crippen molar-refractivity contribution in [1.82, 2.24) is 0 Å². The lowest BCUT2D eigenvalue weighted by atomic mass is 9.99. The lowest BCUT2D eigenvalue weighted by molar-refractivity contribution is -0.192. The van der Waals surface area contributed by atoms with Crippen LogP contribution in [0.2, 0.25) is 0 Å². The maximum absolute atomic E-state index is 10.6. The zero-order valence-electron chi connectivity index (χ0n) is 33.7. The zero-order valence-corrected chi connectivity index (χ0v) is 33.7. The van der Waals surface area contributed by atoms with E-state index in [4.69, 9.17) is 25.1 Å². The highest BCUT2D eigenvalue weighted by molar-refractivity contribution is 5.73. The summed E-state index contributed by atoms with van der Waals surface area (Å²) in [6, 6.07) is 0.